The molecule has 1 rings (SSSR count). The highest BCUT2D eigenvalue weighted by Gasteiger charge is 2.26. The molecule has 1 saturated heterocycles. The molecule has 1 N–H and O–H groups in total. The molecule has 48 valence electrons. The Balaban J connectivity index is 2.81. The monoisotopic (exact) mass is 116 g/mol. The fourth-order valence-corrected chi connectivity index (χ4v) is 0.991. The van der Waals surface area contributed by atoms with Crippen molar-refractivity contribution in [3.8, 4) is 0 Å². The molecule has 0 aliphatic carbocycles. The molecule has 0 amide bonds. The van der Waals surface area contributed by atoms with Gasteiger partial charge in [-0.15, -0.1) is 0 Å². The zero-order chi connectivity index (χ0) is 8.70. The van der Waals surface area contributed by atoms with E-state index in [0.717, 1.165) is 0 Å². The lowest BCUT2D eigenvalue weighted by Gasteiger charge is -2.16. The summed E-state index contributed by atoms with van der Waals surface area (Å²) in [6, 6.07) is 0. The second kappa shape index (κ2) is 1.73. The zero-order valence-corrected chi connectivity index (χ0v) is 5.49. The summed E-state index contributed by atoms with van der Waals surface area (Å²) in [5.41, 5.74) is -0.473. The molecule has 0 aromatic heterocycles. The average Bonchev–Trinajstić information content (AvgIpc) is 2.05. The van der Waals surface area contributed by atoms with Crippen molar-refractivity contribution in [3.05, 3.63) is 0 Å². The van der Waals surface area contributed by atoms with E-state index in [-0.39, 0.29) is 12.8 Å². The Morgan fingerprint density at radius 2 is 2.62 bits per heavy atom. The third kappa shape index (κ3) is 1.22. The van der Waals surface area contributed by atoms with Gasteiger partial charge < -0.3 is 5.32 Å². The van der Waals surface area contributed by atoms with Gasteiger partial charge in [0.15, 0.2) is 0 Å². The van der Waals surface area contributed by atoms with Crippen molar-refractivity contribution in [1.29, 1.82) is 0 Å². The molecule has 0 aromatic rings. The van der Waals surface area contributed by atoms with Crippen LogP contribution in [-0.4, -0.2) is 12.1 Å². The van der Waals surface area contributed by atoms with Crippen LogP contribution in [0.1, 0.15) is 31.2 Å². The van der Waals surface area contributed by atoms with Crippen LogP contribution in [0.25, 0.3) is 0 Å². The van der Waals surface area contributed by atoms with Gasteiger partial charge in [-0.3, -0.25) is 0 Å². The summed E-state index contributed by atoms with van der Waals surface area (Å²) < 4.78 is 22.6. The highest BCUT2D eigenvalue weighted by Crippen LogP contribution is 2.21. The molecule has 0 bridgehead atoms. The highest BCUT2D eigenvalue weighted by molar-refractivity contribution is 4.86. The summed E-state index contributed by atoms with van der Waals surface area (Å²) in [5, 5.41) is 3.09. The lowest BCUT2D eigenvalue weighted by atomic mass is 9.99. The predicted molar refractivity (Wildman–Crippen MR) is 35.9 cm³/mol. The van der Waals surface area contributed by atoms with Crippen molar-refractivity contribution in [3.63, 3.8) is 0 Å². The predicted octanol–water partition coefficient (Wildman–Crippen LogP) is 1.39. The Bertz CT molecular complexity index is 156. The van der Waals surface area contributed by atoms with E-state index in [1.165, 1.54) is 0 Å². The Kier molecular flexibility index (Phi) is 0.694. The van der Waals surface area contributed by atoms with Gasteiger partial charge in [0.25, 0.3) is 0 Å². The summed E-state index contributed by atoms with van der Waals surface area (Å²) >= 11 is 0. The molecule has 1 heterocycles. The fourth-order valence-electron chi connectivity index (χ4n) is 0.991. The summed E-state index contributed by atoms with van der Waals surface area (Å²) in [7, 11) is 0. The molecule has 8 heavy (non-hydrogen) atoms. The van der Waals surface area contributed by atoms with Crippen LogP contribution in [0.15, 0.2) is 0 Å². The number of hydrogen-bond donors (Lipinski definition) is 1. The SMILES string of the molecule is [2H]C[C@@H]1CNC(C)(C)C1([2H])[2H]. The van der Waals surface area contributed by atoms with Crippen LogP contribution >= 0.6 is 0 Å². The molecule has 0 radical (unpaired) electrons. The number of nitrogens with one attached hydrogen (secondary N) is 1. The first kappa shape index (κ1) is 3.21. The van der Waals surface area contributed by atoms with Gasteiger partial charge in [-0.25, -0.2) is 0 Å². The molecule has 1 heteroatoms. The van der Waals surface area contributed by atoms with Gasteiger partial charge in [-0.05, 0) is 32.7 Å². The summed E-state index contributed by atoms with van der Waals surface area (Å²) in [5.74, 6) is -0.155. The minimum atomic E-state index is -1.24. The Morgan fingerprint density at radius 3 is 2.88 bits per heavy atom. The van der Waals surface area contributed by atoms with Crippen LogP contribution in [0.5, 0.6) is 0 Å². The van der Waals surface area contributed by atoms with Gasteiger partial charge in [0, 0.05) is 9.65 Å². The van der Waals surface area contributed by atoms with Gasteiger partial charge in [0.2, 0.25) is 0 Å². The lowest BCUT2D eigenvalue weighted by Crippen LogP contribution is -2.31. The molecule has 0 spiro atoms. The average molecular weight is 116 g/mol. The largest absolute Gasteiger partial charge is 0.312 e. The van der Waals surface area contributed by atoms with Crippen LogP contribution < -0.4 is 5.32 Å². The third-order valence-electron chi connectivity index (χ3n) is 1.36. The van der Waals surface area contributed by atoms with Crippen LogP contribution in [0.3, 0.4) is 0 Å². The summed E-state index contributed by atoms with van der Waals surface area (Å²) in [6.07, 6.45) is -1.24. The first-order chi connectivity index (χ1) is 4.92. The van der Waals surface area contributed by atoms with Gasteiger partial charge >= 0.3 is 0 Å². The van der Waals surface area contributed by atoms with E-state index in [2.05, 4.69) is 5.32 Å². The summed E-state index contributed by atoms with van der Waals surface area (Å²) in [6.45, 7) is 4.50. The Morgan fingerprint density at radius 1 is 1.88 bits per heavy atom. The summed E-state index contributed by atoms with van der Waals surface area (Å²) in [4.78, 5) is 0. The smallest absolute Gasteiger partial charge is 0.0288 e. The first-order valence-corrected chi connectivity index (χ1v) is 2.96. The second-order valence-electron chi connectivity index (χ2n) is 2.85. The van der Waals surface area contributed by atoms with E-state index in [1.807, 2.05) is 13.8 Å². The van der Waals surface area contributed by atoms with Gasteiger partial charge in [-0.1, -0.05) is 6.90 Å². The topological polar surface area (TPSA) is 12.0 Å². The molecule has 1 atom stereocenters. The Hall–Kier alpha value is -0.0400. The molecular weight excluding hydrogens is 98.1 g/mol. The molecular formula is C7H15N. The molecule has 0 aromatic carbocycles. The number of rotatable bonds is 0. The van der Waals surface area contributed by atoms with Crippen molar-refractivity contribution >= 4 is 0 Å². The van der Waals surface area contributed by atoms with Gasteiger partial charge in [0.1, 0.15) is 0 Å². The zero-order valence-electron chi connectivity index (χ0n) is 8.49. The maximum absolute atomic E-state index is 7.73. The van der Waals surface area contributed by atoms with Crippen LogP contribution in [0, 0.1) is 5.92 Å². The van der Waals surface area contributed by atoms with E-state index in [4.69, 9.17) is 4.11 Å². The maximum Gasteiger partial charge on any atom is 0.0288 e. The van der Waals surface area contributed by atoms with Crippen molar-refractivity contribution in [2.45, 2.75) is 32.7 Å². The van der Waals surface area contributed by atoms with E-state index in [0.29, 0.717) is 6.54 Å². The molecule has 1 aliphatic heterocycles. The lowest BCUT2D eigenvalue weighted by molar-refractivity contribution is 0.448. The minimum Gasteiger partial charge on any atom is -0.312 e. The Labute approximate surface area is 55.7 Å². The van der Waals surface area contributed by atoms with Crippen molar-refractivity contribution in [2.75, 3.05) is 6.54 Å². The molecule has 1 aliphatic rings. The van der Waals surface area contributed by atoms with Crippen LogP contribution in [-0.2, 0) is 0 Å². The fraction of sp³-hybridized carbons (Fsp3) is 1.00. The van der Waals surface area contributed by atoms with Crippen LogP contribution in [0.2, 0.25) is 0 Å². The van der Waals surface area contributed by atoms with Gasteiger partial charge in [0.05, 0.1) is 0 Å². The highest BCUT2D eigenvalue weighted by atomic mass is 15.0. The van der Waals surface area contributed by atoms with Crippen molar-refractivity contribution in [2.24, 2.45) is 5.92 Å². The van der Waals surface area contributed by atoms with E-state index >= 15 is 0 Å². The molecule has 0 saturated carbocycles. The first-order valence-electron chi connectivity index (χ1n) is 4.67. The third-order valence-corrected chi connectivity index (χ3v) is 1.36. The second-order valence-corrected chi connectivity index (χ2v) is 2.85. The molecule has 0 unspecified atom stereocenters. The quantitative estimate of drug-likeness (QED) is 0.504. The van der Waals surface area contributed by atoms with Gasteiger partial charge in [-0.2, -0.15) is 0 Å². The minimum absolute atomic E-state index is 0.155. The van der Waals surface area contributed by atoms with E-state index < -0.39 is 11.9 Å². The van der Waals surface area contributed by atoms with Crippen molar-refractivity contribution < 1.29 is 4.11 Å². The van der Waals surface area contributed by atoms with Crippen molar-refractivity contribution in [1.82, 2.24) is 5.32 Å². The van der Waals surface area contributed by atoms with E-state index in [1.54, 1.807) is 0 Å². The van der Waals surface area contributed by atoms with Crippen LogP contribution in [0.4, 0.5) is 0 Å². The maximum atomic E-state index is 7.73. The number of hydrogen-bond acceptors (Lipinski definition) is 1. The normalized spacial score (nSPS) is 47.2. The van der Waals surface area contributed by atoms with E-state index in [9.17, 15) is 0 Å². The molecule has 1 fully saturated rings. The molecule has 1 nitrogen and oxygen atoms in total. The standard InChI is InChI=1S/C7H15N/c1-6-4-7(2,3)8-5-6/h6,8H,4-5H2,1-3H3/t6-/m0/s1/i1D,4D2.